The molecule has 0 aliphatic rings. The monoisotopic (exact) mass is 391 g/mol. The lowest BCUT2D eigenvalue weighted by Gasteiger charge is -2.05. The van der Waals surface area contributed by atoms with Gasteiger partial charge in [-0.1, -0.05) is 47.4 Å². The molecule has 1 heterocycles. The normalized spacial score (nSPS) is 10.6. The van der Waals surface area contributed by atoms with Crippen molar-refractivity contribution in [3.8, 4) is 5.69 Å². The minimum atomic E-state index is -0.343. The molecule has 3 aromatic rings. The van der Waals surface area contributed by atoms with Crippen molar-refractivity contribution in [3.63, 3.8) is 0 Å². The fourth-order valence-electron chi connectivity index (χ4n) is 2.05. The van der Waals surface area contributed by atoms with E-state index in [0.717, 1.165) is 5.69 Å². The Hall–Kier alpha value is -2.03. The number of amides is 1. The van der Waals surface area contributed by atoms with Crippen LogP contribution < -0.4 is 5.32 Å². The summed E-state index contributed by atoms with van der Waals surface area (Å²) in [7, 11) is 0. The van der Waals surface area contributed by atoms with Crippen LogP contribution in [0.15, 0.2) is 52.9 Å². The number of aryl methyl sites for hydroxylation is 1. The van der Waals surface area contributed by atoms with E-state index in [2.05, 4.69) is 10.4 Å². The van der Waals surface area contributed by atoms with Crippen LogP contribution in [0.4, 0.5) is 10.1 Å². The quantitative estimate of drug-likeness (QED) is 0.499. The van der Waals surface area contributed by atoms with Crippen LogP contribution in [-0.2, 0) is 4.79 Å². The number of rotatable bonds is 5. The van der Waals surface area contributed by atoms with Gasteiger partial charge in [-0.25, -0.2) is 9.07 Å². The van der Waals surface area contributed by atoms with Crippen LogP contribution in [0.2, 0.25) is 0 Å². The van der Waals surface area contributed by atoms with Gasteiger partial charge in [-0.15, -0.1) is 5.10 Å². The Morgan fingerprint density at radius 2 is 2.08 bits per heavy atom. The summed E-state index contributed by atoms with van der Waals surface area (Å²) in [5, 5.41) is 7.12. The number of carbonyl (C=O) groups excluding carboxylic acids is 1. The van der Waals surface area contributed by atoms with E-state index in [4.69, 9.17) is 12.2 Å². The van der Waals surface area contributed by atoms with Gasteiger partial charge in [0.25, 0.3) is 0 Å². The molecule has 1 amide bonds. The van der Waals surface area contributed by atoms with E-state index in [-0.39, 0.29) is 17.5 Å². The van der Waals surface area contributed by atoms with E-state index in [9.17, 15) is 9.18 Å². The topological polar surface area (TPSA) is 46.9 Å². The van der Waals surface area contributed by atoms with Gasteiger partial charge in [-0.2, -0.15) is 0 Å². The van der Waals surface area contributed by atoms with Crippen molar-refractivity contribution in [1.82, 2.24) is 9.78 Å². The van der Waals surface area contributed by atoms with Gasteiger partial charge < -0.3 is 5.32 Å². The number of nitrogens with zero attached hydrogens (tertiary/aromatic N) is 2. The minimum Gasteiger partial charge on any atom is -0.325 e. The molecule has 0 aliphatic carbocycles. The zero-order valence-electron chi connectivity index (χ0n) is 13.2. The molecule has 1 N–H and O–H groups in total. The minimum absolute atomic E-state index is 0.173. The van der Waals surface area contributed by atoms with Crippen molar-refractivity contribution < 1.29 is 9.18 Å². The number of anilines is 1. The van der Waals surface area contributed by atoms with Crippen molar-refractivity contribution >= 4 is 46.9 Å². The molecule has 1 aromatic heterocycles. The molecular weight excluding hydrogens is 377 g/mol. The third-order valence-corrected chi connectivity index (χ3v) is 5.68. The molecule has 0 radical (unpaired) electrons. The van der Waals surface area contributed by atoms with E-state index in [1.54, 1.807) is 23.7 Å². The first-order valence-corrected chi connectivity index (χ1v) is 9.58. The Kier molecular flexibility index (Phi) is 5.62. The van der Waals surface area contributed by atoms with Crippen molar-refractivity contribution in [2.24, 2.45) is 0 Å². The Balaban J connectivity index is 1.63. The van der Waals surface area contributed by atoms with Gasteiger partial charge in [0.1, 0.15) is 5.82 Å². The molecule has 2 aromatic carbocycles. The highest BCUT2D eigenvalue weighted by Gasteiger charge is 2.10. The lowest BCUT2D eigenvalue weighted by atomic mass is 10.2. The maximum atomic E-state index is 13.5. The van der Waals surface area contributed by atoms with E-state index in [1.165, 1.54) is 29.2 Å². The van der Waals surface area contributed by atoms with Gasteiger partial charge in [0.2, 0.25) is 5.91 Å². The first-order valence-electron chi connectivity index (χ1n) is 7.37. The molecule has 0 atom stereocenters. The van der Waals surface area contributed by atoms with E-state index in [0.29, 0.717) is 19.5 Å². The van der Waals surface area contributed by atoms with Crippen LogP contribution in [0.25, 0.3) is 5.69 Å². The number of thioether (sulfide) groups is 1. The summed E-state index contributed by atoms with van der Waals surface area (Å²) in [5.41, 5.74) is 1.87. The number of aromatic nitrogens is 2. The fourth-order valence-corrected chi connectivity index (χ4v) is 4.21. The average Bonchev–Trinajstić information content (AvgIpc) is 2.98. The summed E-state index contributed by atoms with van der Waals surface area (Å²) >= 11 is 7.98. The zero-order chi connectivity index (χ0) is 17.8. The summed E-state index contributed by atoms with van der Waals surface area (Å²) in [6.07, 6.45) is 0. The van der Waals surface area contributed by atoms with Crippen molar-refractivity contribution in [2.45, 2.75) is 11.3 Å². The van der Waals surface area contributed by atoms with Gasteiger partial charge in [0.05, 0.1) is 11.4 Å². The Morgan fingerprint density at radius 3 is 2.80 bits per heavy atom. The highest BCUT2D eigenvalue weighted by Crippen LogP contribution is 2.24. The van der Waals surface area contributed by atoms with Crippen LogP contribution in [-0.4, -0.2) is 21.4 Å². The van der Waals surface area contributed by atoms with Crippen molar-refractivity contribution in [2.75, 3.05) is 11.1 Å². The summed E-state index contributed by atoms with van der Waals surface area (Å²) in [5.74, 6) is -0.391. The number of hydrogen-bond donors (Lipinski definition) is 1. The van der Waals surface area contributed by atoms with Crippen molar-refractivity contribution in [1.29, 1.82) is 0 Å². The predicted octanol–water partition coefficient (Wildman–Crippen LogP) is 4.84. The number of carbonyl (C=O) groups is 1. The van der Waals surface area contributed by atoms with Crippen molar-refractivity contribution in [3.05, 3.63) is 63.9 Å². The molecule has 4 nitrogen and oxygen atoms in total. The van der Waals surface area contributed by atoms with Crippen LogP contribution in [0.1, 0.15) is 5.56 Å². The SMILES string of the molecule is Cc1ccc(NC(=O)CSc2nn(-c3ccccc3)c(=S)s2)cc1F. The third-order valence-electron chi connectivity index (χ3n) is 3.31. The maximum Gasteiger partial charge on any atom is 0.234 e. The van der Waals surface area contributed by atoms with Gasteiger partial charge >= 0.3 is 0 Å². The Labute approximate surface area is 157 Å². The highest BCUT2D eigenvalue weighted by molar-refractivity contribution is 8.01. The molecule has 0 saturated heterocycles. The second-order valence-corrected chi connectivity index (χ2v) is 8.03. The molecule has 3 rings (SSSR count). The molecule has 0 aliphatic heterocycles. The van der Waals surface area contributed by atoms with Crippen LogP contribution >= 0.6 is 35.3 Å². The standard InChI is InChI=1S/C17H14FN3OS3/c1-11-7-8-12(9-14(11)18)19-15(22)10-24-16-20-21(17(23)25-16)13-5-3-2-4-6-13/h2-9H,10H2,1H3,(H,19,22). The van der Waals surface area contributed by atoms with E-state index >= 15 is 0 Å². The summed E-state index contributed by atoms with van der Waals surface area (Å²) in [6.45, 7) is 1.67. The molecular formula is C17H14FN3OS3. The summed E-state index contributed by atoms with van der Waals surface area (Å²) in [6, 6.07) is 14.2. The first-order chi connectivity index (χ1) is 12.0. The number of para-hydroxylation sites is 1. The fraction of sp³-hybridized carbons (Fsp3) is 0.118. The lowest BCUT2D eigenvalue weighted by Crippen LogP contribution is -2.14. The van der Waals surface area contributed by atoms with Crippen LogP contribution in [0, 0.1) is 16.7 Å². The van der Waals surface area contributed by atoms with Crippen LogP contribution in [0.3, 0.4) is 0 Å². The largest absolute Gasteiger partial charge is 0.325 e. The predicted molar refractivity (Wildman–Crippen MR) is 103 cm³/mol. The van der Waals surface area contributed by atoms with Crippen LogP contribution in [0.5, 0.6) is 0 Å². The molecule has 25 heavy (non-hydrogen) atoms. The lowest BCUT2D eigenvalue weighted by molar-refractivity contribution is -0.113. The molecule has 0 unspecified atom stereocenters. The number of halogens is 1. The Bertz CT molecular complexity index is 953. The van der Waals surface area contributed by atoms with Gasteiger partial charge in [-0.3, -0.25) is 4.79 Å². The number of hydrogen-bond acceptors (Lipinski definition) is 5. The van der Waals surface area contributed by atoms with E-state index in [1.807, 2.05) is 30.3 Å². The summed E-state index contributed by atoms with van der Waals surface area (Å²) < 4.78 is 16.5. The molecule has 0 fully saturated rings. The Morgan fingerprint density at radius 1 is 1.32 bits per heavy atom. The maximum absolute atomic E-state index is 13.5. The average molecular weight is 392 g/mol. The third kappa shape index (κ3) is 4.53. The first kappa shape index (κ1) is 17.8. The van der Waals surface area contributed by atoms with Gasteiger partial charge in [0.15, 0.2) is 8.29 Å². The number of nitrogens with one attached hydrogen (secondary N) is 1. The molecule has 0 saturated carbocycles. The molecule has 128 valence electrons. The number of benzene rings is 2. The zero-order valence-corrected chi connectivity index (χ0v) is 15.7. The highest BCUT2D eigenvalue weighted by atomic mass is 32.2. The molecule has 0 spiro atoms. The van der Waals surface area contributed by atoms with Gasteiger partial charge in [-0.05, 0) is 49.0 Å². The smallest absolute Gasteiger partial charge is 0.234 e. The summed E-state index contributed by atoms with van der Waals surface area (Å²) in [4.78, 5) is 12.0. The molecule has 8 heteroatoms. The van der Waals surface area contributed by atoms with Gasteiger partial charge in [0, 0.05) is 5.69 Å². The second kappa shape index (κ2) is 7.90. The van der Waals surface area contributed by atoms with E-state index < -0.39 is 0 Å². The molecule has 0 bridgehead atoms. The second-order valence-electron chi connectivity index (χ2n) is 5.18.